The van der Waals surface area contributed by atoms with Crippen molar-refractivity contribution in [2.24, 2.45) is 0 Å². The molecule has 0 amide bonds. The van der Waals surface area contributed by atoms with Gasteiger partial charge in [-0.15, -0.1) is 0 Å². The topological polar surface area (TPSA) is 57.5 Å². The monoisotopic (exact) mass is 381 g/mol. The molecule has 0 aromatic heterocycles. The minimum atomic E-state index is -2.53. The van der Waals surface area contributed by atoms with Gasteiger partial charge in [0.1, 0.15) is 0 Å². The molecular formula is C7H10O3PPb+. The summed E-state index contributed by atoms with van der Waals surface area (Å²) in [6, 6.07) is 8.40. The summed E-state index contributed by atoms with van der Waals surface area (Å²) < 4.78 is 10.4. The van der Waals surface area contributed by atoms with Crippen LogP contribution in [0.15, 0.2) is 30.3 Å². The molecule has 0 heterocycles. The van der Waals surface area contributed by atoms with Gasteiger partial charge in [0.25, 0.3) is 0 Å². The van der Waals surface area contributed by atoms with Crippen LogP contribution in [0.5, 0.6) is 0 Å². The molecule has 12 heavy (non-hydrogen) atoms. The van der Waals surface area contributed by atoms with Crippen LogP contribution in [0.3, 0.4) is 0 Å². The Kier molecular flexibility index (Phi) is 5.82. The Labute approximate surface area is 91.5 Å². The Morgan fingerprint density at radius 2 is 1.75 bits per heavy atom. The summed E-state index contributed by atoms with van der Waals surface area (Å²) in [5.74, 6) is -1.26. The molecule has 64 valence electrons. The van der Waals surface area contributed by atoms with E-state index in [0.717, 1.165) is 0 Å². The number of aliphatic hydroxyl groups excluding tert-OH is 1. The van der Waals surface area contributed by atoms with Gasteiger partial charge in [0.15, 0.2) is 0 Å². The van der Waals surface area contributed by atoms with Gasteiger partial charge >= 0.3 is 41.2 Å². The third-order valence-corrected chi connectivity index (χ3v) is 2.02. The van der Waals surface area contributed by atoms with Crippen molar-refractivity contribution in [2.75, 3.05) is 0 Å². The Morgan fingerprint density at radius 1 is 1.25 bits per heavy atom. The van der Waals surface area contributed by atoms with E-state index < -0.39 is 13.9 Å². The number of rotatable bonds is 2. The SMILES string of the molecule is O=[P+](O)C(O)c1ccccc1.[PbH2]. The van der Waals surface area contributed by atoms with E-state index in [1.807, 2.05) is 0 Å². The number of hydrogen-bond acceptors (Lipinski definition) is 2. The van der Waals surface area contributed by atoms with Crippen LogP contribution in [0, 0.1) is 0 Å². The van der Waals surface area contributed by atoms with Gasteiger partial charge in [-0.3, -0.25) is 0 Å². The minimum absolute atomic E-state index is 0. The quantitative estimate of drug-likeness (QED) is 0.580. The summed E-state index contributed by atoms with van der Waals surface area (Å²) in [4.78, 5) is 8.53. The third kappa shape index (κ3) is 3.27. The Bertz CT molecular complexity index is 252. The fourth-order valence-corrected chi connectivity index (χ4v) is 1.18. The zero-order chi connectivity index (χ0) is 8.27. The van der Waals surface area contributed by atoms with Gasteiger partial charge in [0.2, 0.25) is 0 Å². The molecule has 0 spiro atoms. The van der Waals surface area contributed by atoms with Crippen molar-refractivity contribution in [3.8, 4) is 0 Å². The molecule has 1 aromatic carbocycles. The van der Waals surface area contributed by atoms with Gasteiger partial charge in [-0.05, 0) is 4.57 Å². The van der Waals surface area contributed by atoms with Crippen LogP contribution < -0.4 is 0 Å². The maximum absolute atomic E-state index is 10.4. The standard InChI is InChI=1S/C7H7O3P.Pb.2H/c8-7(11(9)10)6-4-2-1-3-5-6;;;/h1-5,7-8H;;;/p+1. The van der Waals surface area contributed by atoms with Crippen molar-refractivity contribution >= 4 is 35.3 Å². The summed E-state index contributed by atoms with van der Waals surface area (Å²) in [7, 11) is -2.53. The van der Waals surface area contributed by atoms with Crippen LogP contribution in [-0.4, -0.2) is 37.3 Å². The molecule has 0 aliphatic rings. The normalized spacial score (nSPS) is 13.0. The van der Waals surface area contributed by atoms with Crippen molar-refractivity contribution in [1.29, 1.82) is 0 Å². The molecule has 0 bridgehead atoms. The Morgan fingerprint density at radius 3 is 2.17 bits per heavy atom. The second-order valence-electron chi connectivity index (χ2n) is 2.09. The van der Waals surface area contributed by atoms with E-state index in [-0.39, 0.29) is 27.3 Å². The molecule has 0 fully saturated rings. The van der Waals surface area contributed by atoms with Crippen molar-refractivity contribution in [1.82, 2.24) is 0 Å². The first-order chi connectivity index (χ1) is 5.22. The van der Waals surface area contributed by atoms with Crippen molar-refractivity contribution in [3.63, 3.8) is 0 Å². The van der Waals surface area contributed by atoms with E-state index in [4.69, 9.17) is 10.00 Å². The van der Waals surface area contributed by atoms with Crippen molar-refractivity contribution in [3.05, 3.63) is 35.9 Å². The second kappa shape index (κ2) is 5.75. The molecule has 0 aliphatic heterocycles. The van der Waals surface area contributed by atoms with Gasteiger partial charge in [-0.2, -0.15) is 4.89 Å². The molecule has 3 nitrogen and oxygen atoms in total. The van der Waals surface area contributed by atoms with Gasteiger partial charge in [-0.25, -0.2) is 0 Å². The molecule has 2 atom stereocenters. The summed E-state index contributed by atoms with van der Waals surface area (Å²) in [5, 5.41) is 9.06. The average Bonchev–Trinajstić information content (AvgIpc) is 2.05. The molecule has 2 radical (unpaired) electrons. The first kappa shape index (κ1) is 12.2. The molecule has 0 aliphatic carbocycles. The van der Waals surface area contributed by atoms with Gasteiger partial charge in [-0.1, -0.05) is 30.3 Å². The van der Waals surface area contributed by atoms with E-state index in [2.05, 4.69) is 0 Å². The van der Waals surface area contributed by atoms with Crippen molar-refractivity contribution < 1.29 is 14.6 Å². The van der Waals surface area contributed by atoms with Gasteiger partial charge < -0.3 is 5.11 Å². The van der Waals surface area contributed by atoms with Crippen LogP contribution in [0.4, 0.5) is 0 Å². The fraction of sp³-hybridized carbons (Fsp3) is 0.143. The number of benzene rings is 1. The van der Waals surface area contributed by atoms with E-state index in [0.29, 0.717) is 5.56 Å². The van der Waals surface area contributed by atoms with E-state index in [9.17, 15) is 4.57 Å². The predicted octanol–water partition coefficient (Wildman–Crippen LogP) is 0.496. The zero-order valence-corrected chi connectivity index (χ0v) is 12.8. The molecule has 0 saturated carbocycles. The second-order valence-corrected chi connectivity index (χ2v) is 3.18. The molecule has 1 aromatic rings. The Hall–Kier alpha value is 0.162. The molecule has 5 heteroatoms. The maximum atomic E-state index is 10.4. The number of aliphatic hydroxyl groups is 1. The first-order valence-electron chi connectivity index (χ1n) is 3.10. The fourth-order valence-electron chi connectivity index (χ4n) is 0.753. The van der Waals surface area contributed by atoms with E-state index in [1.165, 1.54) is 0 Å². The van der Waals surface area contributed by atoms with Crippen LogP contribution in [0.2, 0.25) is 0 Å². The molecule has 2 N–H and O–H groups in total. The zero-order valence-electron chi connectivity index (χ0n) is 6.42. The molecule has 1 rings (SSSR count). The molecule has 0 saturated heterocycles. The van der Waals surface area contributed by atoms with Gasteiger partial charge in [0, 0.05) is 5.56 Å². The van der Waals surface area contributed by atoms with Crippen LogP contribution in [-0.2, 0) is 4.57 Å². The summed E-state index contributed by atoms with van der Waals surface area (Å²) in [5.41, 5.74) is 0.469. The number of hydrogen-bond donors (Lipinski definition) is 2. The summed E-state index contributed by atoms with van der Waals surface area (Å²) in [6.07, 6.45) is 0. The van der Waals surface area contributed by atoms with Crippen LogP contribution >= 0.6 is 8.03 Å². The van der Waals surface area contributed by atoms with Gasteiger partial charge in [0.05, 0.1) is 0 Å². The van der Waals surface area contributed by atoms with Crippen LogP contribution in [0.1, 0.15) is 11.4 Å². The predicted molar refractivity (Wildman–Crippen MR) is 49.8 cm³/mol. The molecular weight excluding hydrogens is 370 g/mol. The van der Waals surface area contributed by atoms with E-state index in [1.54, 1.807) is 30.3 Å². The van der Waals surface area contributed by atoms with Crippen LogP contribution in [0.25, 0.3) is 0 Å². The molecule has 2 unspecified atom stereocenters. The third-order valence-electron chi connectivity index (χ3n) is 1.31. The van der Waals surface area contributed by atoms with E-state index >= 15 is 0 Å². The summed E-state index contributed by atoms with van der Waals surface area (Å²) in [6.45, 7) is 0. The Balaban J connectivity index is 0.00000121. The van der Waals surface area contributed by atoms with Crippen molar-refractivity contribution in [2.45, 2.75) is 5.85 Å². The average molecular weight is 380 g/mol. The first-order valence-corrected chi connectivity index (χ1v) is 4.38. The summed E-state index contributed by atoms with van der Waals surface area (Å²) >= 11 is 0.